The van der Waals surface area contributed by atoms with Gasteiger partial charge in [0.1, 0.15) is 0 Å². The van der Waals surface area contributed by atoms with Gasteiger partial charge in [-0.3, -0.25) is 9.00 Å². The number of ether oxygens (including phenoxy) is 1. The molecule has 0 aliphatic heterocycles. The fourth-order valence-electron chi connectivity index (χ4n) is 3.25. The van der Waals surface area contributed by atoms with Crippen LogP contribution in [-0.4, -0.2) is 28.3 Å². The van der Waals surface area contributed by atoms with Gasteiger partial charge in [-0.2, -0.15) is 0 Å². The first-order valence-electron chi connectivity index (χ1n) is 10.6. The van der Waals surface area contributed by atoms with Gasteiger partial charge in [-0.25, -0.2) is 0 Å². The van der Waals surface area contributed by atoms with Crippen molar-refractivity contribution in [3.05, 3.63) is 0 Å². The highest BCUT2D eigenvalue weighted by atomic mass is 32.2. The van der Waals surface area contributed by atoms with E-state index in [1.807, 2.05) is 6.92 Å². The smallest absolute Gasteiger partial charge is 0.305 e. The summed E-state index contributed by atoms with van der Waals surface area (Å²) in [5.74, 6) is 0.688. The number of esters is 1. The SMILES string of the molecule is CCCCCCCCCC(CCCCCCCC(=O)OC)S(=O)CC. The molecule has 0 radical (unpaired) electrons. The van der Waals surface area contributed by atoms with Crippen LogP contribution in [0.5, 0.6) is 0 Å². The molecule has 0 fully saturated rings. The zero-order valence-electron chi connectivity index (χ0n) is 17.0. The van der Waals surface area contributed by atoms with E-state index in [9.17, 15) is 9.00 Å². The molecule has 3 nitrogen and oxygen atoms in total. The Hall–Kier alpha value is -0.380. The Kier molecular flexibility index (Phi) is 18.1. The van der Waals surface area contributed by atoms with Gasteiger partial charge in [0.25, 0.3) is 0 Å². The molecule has 2 atom stereocenters. The molecule has 0 aliphatic rings. The van der Waals surface area contributed by atoms with Crippen molar-refractivity contribution in [2.75, 3.05) is 12.9 Å². The van der Waals surface area contributed by atoms with Crippen molar-refractivity contribution in [1.29, 1.82) is 0 Å². The van der Waals surface area contributed by atoms with Crippen LogP contribution >= 0.6 is 0 Å². The second-order valence-electron chi connectivity index (χ2n) is 7.08. The van der Waals surface area contributed by atoms with E-state index in [4.69, 9.17) is 0 Å². The second kappa shape index (κ2) is 18.4. The zero-order chi connectivity index (χ0) is 18.8. The van der Waals surface area contributed by atoms with E-state index in [0.717, 1.165) is 31.4 Å². The Morgan fingerprint density at radius 1 is 0.800 bits per heavy atom. The van der Waals surface area contributed by atoms with Crippen LogP contribution in [0.25, 0.3) is 0 Å². The van der Waals surface area contributed by atoms with Gasteiger partial charge in [-0.1, -0.05) is 84.5 Å². The van der Waals surface area contributed by atoms with E-state index in [1.165, 1.54) is 71.3 Å². The maximum atomic E-state index is 12.3. The Bertz CT molecular complexity index is 331. The molecule has 0 saturated heterocycles. The summed E-state index contributed by atoms with van der Waals surface area (Å²) < 4.78 is 16.9. The van der Waals surface area contributed by atoms with E-state index >= 15 is 0 Å². The van der Waals surface area contributed by atoms with E-state index in [1.54, 1.807) is 0 Å². The third-order valence-corrected chi connectivity index (χ3v) is 6.70. The quantitative estimate of drug-likeness (QED) is 0.213. The van der Waals surface area contributed by atoms with Crippen LogP contribution in [-0.2, 0) is 20.3 Å². The van der Waals surface area contributed by atoms with Gasteiger partial charge in [0, 0.05) is 28.2 Å². The van der Waals surface area contributed by atoms with E-state index in [-0.39, 0.29) is 5.97 Å². The molecule has 0 aliphatic carbocycles. The molecule has 0 amide bonds. The minimum atomic E-state index is -0.652. The van der Waals surface area contributed by atoms with Crippen molar-refractivity contribution in [3.8, 4) is 0 Å². The molecule has 2 unspecified atom stereocenters. The van der Waals surface area contributed by atoms with Crippen molar-refractivity contribution >= 4 is 16.8 Å². The predicted molar refractivity (Wildman–Crippen MR) is 109 cm³/mol. The third kappa shape index (κ3) is 15.6. The molecule has 4 heteroatoms. The number of unbranched alkanes of at least 4 members (excludes halogenated alkanes) is 10. The molecule has 0 saturated carbocycles. The molecule has 0 aromatic heterocycles. The lowest BCUT2D eigenvalue weighted by molar-refractivity contribution is -0.140. The predicted octanol–water partition coefficient (Wildman–Crippen LogP) is 6.17. The zero-order valence-corrected chi connectivity index (χ0v) is 17.8. The fraction of sp³-hybridized carbons (Fsp3) is 0.952. The van der Waals surface area contributed by atoms with Crippen LogP contribution < -0.4 is 0 Å². The number of methoxy groups -OCH3 is 1. The summed E-state index contributed by atoms with van der Waals surface area (Å²) in [5, 5.41) is 0.399. The Balaban J connectivity index is 3.71. The number of carbonyl (C=O) groups is 1. The highest BCUT2D eigenvalue weighted by Gasteiger charge is 2.14. The molecule has 0 bridgehead atoms. The lowest BCUT2D eigenvalue weighted by Crippen LogP contribution is -2.17. The molecule has 0 spiro atoms. The van der Waals surface area contributed by atoms with Gasteiger partial charge >= 0.3 is 5.97 Å². The van der Waals surface area contributed by atoms with Gasteiger partial charge in [0.05, 0.1) is 7.11 Å². The summed E-state index contributed by atoms with van der Waals surface area (Å²) in [6, 6.07) is 0. The summed E-state index contributed by atoms with van der Waals surface area (Å²) in [7, 11) is 0.793. The van der Waals surface area contributed by atoms with Gasteiger partial charge in [0.15, 0.2) is 0 Å². The van der Waals surface area contributed by atoms with E-state index in [2.05, 4.69) is 11.7 Å². The Morgan fingerprint density at radius 2 is 1.28 bits per heavy atom. The minimum Gasteiger partial charge on any atom is -0.469 e. The van der Waals surface area contributed by atoms with Crippen molar-refractivity contribution in [2.45, 2.75) is 115 Å². The minimum absolute atomic E-state index is 0.104. The molecular weight excluding hydrogens is 332 g/mol. The Labute approximate surface area is 159 Å². The standard InChI is InChI=1S/C21H42O3S/c1-4-6-7-8-9-11-14-17-20(25(23)5-2)18-15-12-10-13-16-19-21(22)24-3/h20H,4-19H2,1-3H3. The van der Waals surface area contributed by atoms with E-state index < -0.39 is 10.8 Å². The van der Waals surface area contributed by atoms with Gasteiger partial charge in [-0.05, 0) is 19.3 Å². The normalized spacial score (nSPS) is 13.6. The van der Waals surface area contributed by atoms with E-state index in [0.29, 0.717) is 11.7 Å². The molecule has 150 valence electrons. The highest BCUT2D eigenvalue weighted by molar-refractivity contribution is 7.85. The molecule has 0 rings (SSSR count). The summed E-state index contributed by atoms with van der Waals surface area (Å²) in [6.07, 6.45) is 17.6. The molecule has 0 aromatic carbocycles. The molecule has 0 N–H and O–H groups in total. The highest BCUT2D eigenvalue weighted by Crippen LogP contribution is 2.18. The fourth-order valence-corrected chi connectivity index (χ4v) is 4.58. The maximum Gasteiger partial charge on any atom is 0.305 e. The summed E-state index contributed by atoms with van der Waals surface area (Å²) in [5.41, 5.74) is 0. The number of hydrogen-bond acceptors (Lipinski definition) is 3. The van der Waals surface area contributed by atoms with Gasteiger partial charge in [-0.15, -0.1) is 0 Å². The van der Waals surface area contributed by atoms with Crippen molar-refractivity contribution in [3.63, 3.8) is 0 Å². The topological polar surface area (TPSA) is 43.4 Å². The Morgan fingerprint density at radius 3 is 1.76 bits per heavy atom. The lowest BCUT2D eigenvalue weighted by atomic mass is 10.0. The lowest BCUT2D eigenvalue weighted by Gasteiger charge is -2.15. The average molecular weight is 375 g/mol. The van der Waals surface area contributed by atoms with Crippen LogP contribution in [0.3, 0.4) is 0 Å². The van der Waals surface area contributed by atoms with Gasteiger partial charge in [0.2, 0.25) is 0 Å². The first-order chi connectivity index (χ1) is 12.2. The second-order valence-corrected chi connectivity index (χ2v) is 9.09. The van der Waals surface area contributed by atoms with Crippen molar-refractivity contribution < 1.29 is 13.7 Å². The molecule has 0 heterocycles. The average Bonchev–Trinajstić information content (AvgIpc) is 2.63. The number of carbonyl (C=O) groups excluding carboxylic acids is 1. The van der Waals surface area contributed by atoms with Crippen LogP contribution in [0.2, 0.25) is 0 Å². The molecule has 25 heavy (non-hydrogen) atoms. The van der Waals surface area contributed by atoms with Crippen molar-refractivity contribution in [1.82, 2.24) is 0 Å². The number of hydrogen-bond donors (Lipinski definition) is 0. The van der Waals surface area contributed by atoms with Gasteiger partial charge < -0.3 is 4.74 Å². The molecule has 0 aromatic rings. The van der Waals surface area contributed by atoms with Crippen LogP contribution in [0.1, 0.15) is 110 Å². The summed E-state index contributed by atoms with van der Waals surface area (Å²) in [6.45, 7) is 4.30. The largest absolute Gasteiger partial charge is 0.469 e. The molecular formula is C21H42O3S. The maximum absolute atomic E-state index is 12.3. The van der Waals surface area contributed by atoms with Crippen molar-refractivity contribution in [2.24, 2.45) is 0 Å². The first-order valence-corrected chi connectivity index (χ1v) is 12.0. The van der Waals surface area contributed by atoms with Crippen LogP contribution in [0.15, 0.2) is 0 Å². The number of rotatable bonds is 18. The summed E-state index contributed by atoms with van der Waals surface area (Å²) in [4.78, 5) is 11.0. The van der Waals surface area contributed by atoms with Crippen LogP contribution in [0, 0.1) is 0 Å². The van der Waals surface area contributed by atoms with Crippen LogP contribution in [0.4, 0.5) is 0 Å². The monoisotopic (exact) mass is 374 g/mol. The third-order valence-electron chi connectivity index (χ3n) is 4.92. The summed E-state index contributed by atoms with van der Waals surface area (Å²) >= 11 is 0. The first kappa shape index (κ1) is 24.6.